The Morgan fingerprint density at radius 1 is 1.00 bits per heavy atom. The van der Waals surface area contributed by atoms with Crippen LogP contribution in [0.25, 0.3) is 11.0 Å². The van der Waals surface area contributed by atoms with Gasteiger partial charge in [-0.25, -0.2) is 4.98 Å². The van der Waals surface area contributed by atoms with Gasteiger partial charge in [-0.2, -0.15) is 15.4 Å². The fourth-order valence-corrected chi connectivity index (χ4v) is 2.67. The zero-order valence-electron chi connectivity index (χ0n) is 14.4. The van der Waals surface area contributed by atoms with Crippen LogP contribution in [0.1, 0.15) is 21.5 Å². The summed E-state index contributed by atoms with van der Waals surface area (Å²) in [5.74, 6) is 0.311. The maximum absolute atomic E-state index is 12.4. The van der Waals surface area contributed by atoms with Gasteiger partial charge in [-0.1, -0.05) is 36.4 Å². The minimum Gasteiger partial charge on any atom is -0.473 e. The predicted octanol–water partition coefficient (Wildman–Crippen LogP) is 2.86. The summed E-state index contributed by atoms with van der Waals surface area (Å²) >= 11 is 0. The van der Waals surface area contributed by atoms with Crippen LogP contribution < -0.4 is 10.1 Å². The van der Waals surface area contributed by atoms with E-state index >= 15 is 0 Å². The molecule has 0 bridgehead atoms. The highest BCUT2D eigenvalue weighted by atomic mass is 16.5. The van der Waals surface area contributed by atoms with Crippen LogP contribution in [0, 0.1) is 0 Å². The smallest absolute Gasteiger partial charge is 0.251 e. The molecule has 0 unspecified atom stereocenters. The molecule has 0 saturated carbocycles. The van der Waals surface area contributed by atoms with Crippen LogP contribution in [0.2, 0.25) is 0 Å². The van der Waals surface area contributed by atoms with Crippen LogP contribution in [-0.2, 0) is 13.2 Å². The maximum atomic E-state index is 12.4. The van der Waals surface area contributed by atoms with Crippen LogP contribution >= 0.6 is 0 Å². The Balaban J connectivity index is 1.42. The molecule has 0 spiro atoms. The highest BCUT2D eigenvalue weighted by Crippen LogP contribution is 2.16. The van der Waals surface area contributed by atoms with Crippen molar-refractivity contribution in [1.82, 2.24) is 25.7 Å². The monoisotopic (exact) mass is 359 g/mol. The van der Waals surface area contributed by atoms with E-state index in [1.807, 2.05) is 42.5 Å². The summed E-state index contributed by atoms with van der Waals surface area (Å²) in [6, 6.07) is 18.7. The minimum absolute atomic E-state index is 0.197. The Kier molecular flexibility index (Phi) is 4.74. The molecule has 2 aromatic carbocycles. The van der Waals surface area contributed by atoms with Crippen molar-refractivity contribution in [2.45, 2.75) is 13.2 Å². The first-order chi connectivity index (χ1) is 13.3. The number of nitrogens with one attached hydrogen (secondary N) is 2. The molecule has 0 atom stereocenters. The standard InChI is InChI=1S/C20H17N5O2/c26-19(15-8-9-17-18(11-15)24-25-23-17)22-12-16-7-4-10-21-20(16)27-13-14-5-2-1-3-6-14/h1-11H,12-13H2,(H,22,26)(H,23,24,25). The molecular weight excluding hydrogens is 342 g/mol. The molecule has 0 fully saturated rings. The van der Waals surface area contributed by atoms with Crippen LogP contribution in [0.15, 0.2) is 66.9 Å². The zero-order valence-corrected chi connectivity index (χ0v) is 14.4. The van der Waals surface area contributed by atoms with Crippen LogP contribution in [0.3, 0.4) is 0 Å². The van der Waals surface area contributed by atoms with Crippen LogP contribution in [0.4, 0.5) is 0 Å². The van der Waals surface area contributed by atoms with Crippen molar-refractivity contribution in [1.29, 1.82) is 0 Å². The Hall–Kier alpha value is -3.74. The normalized spacial score (nSPS) is 10.7. The van der Waals surface area contributed by atoms with Crippen LogP contribution in [-0.4, -0.2) is 26.3 Å². The van der Waals surface area contributed by atoms with E-state index in [1.54, 1.807) is 24.4 Å². The number of pyridine rings is 1. The zero-order chi connectivity index (χ0) is 18.5. The molecule has 0 radical (unpaired) electrons. The summed E-state index contributed by atoms with van der Waals surface area (Å²) in [5, 5.41) is 13.4. The number of hydrogen-bond acceptors (Lipinski definition) is 5. The lowest BCUT2D eigenvalue weighted by molar-refractivity contribution is 0.0950. The molecule has 27 heavy (non-hydrogen) atoms. The summed E-state index contributed by atoms with van der Waals surface area (Å²) in [7, 11) is 0. The molecule has 4 rings (SSSR count). The molecule has 0 aliphatic heterocycles. The van der Waals surface area contributed by atoms with Gasteiger partial charge < -0.3 is 10.1 Å². The topological polar surface area (TPSA) is 92.8 Å². The van der Waals surface area contributed by atoms with Crippen molar-refractivity contribution in [3.8, 4) is 5.88 Å². The summed E-state index contributed by atoms with van der Waals surface area (Å²) in [6.07, 6.45) is 1.67. The van der Waals surface area contributed by atoms with Crippen molar-refractivity contribution in [3.05, 3.63) is 83.6 Å². The Morgan fingerprint density at radius 3 is 2.74 bits per heavy atom. The molecular formula is C20H17N5O2. The highest BCUT2D eigenvalue weighted by Gasteiger charge is 2.10. The third-order valence-electron chi connectivity index (χ3n) is 4.09. The number of hydrogen-bond donors (Lipinski definition) is 2. The number of rotatable bonds is 6. The molecule has 7 heteroatoms. The number of aromatic amines is 1. The lowest BCUT2D eigenvalue weighted by Gasteiger charge is -2.11. The Bertz CT molecular complexity index is 1060. The largest absolute Gasteiger partial charge is 0.473 e. The second kappa shape index (κ2) is 7.65. The number of carbonyl (C=O) groups excluding carboxylic acids is 1. The van der Waals surface area contributed by atoms with Gasteiger partial charge in [-0.3, -0.25) is 4.79 Å². The van der Waals surface area contributed by atoms with E-state index < -0.39 is 0 Å². The van der Waals surface area contributed by atoms with E-state index in [4.69, 9.17) is 4.74 Å². The van der Waals surface area contributed by atoms with Crippen molar-refractivity contribution in [3.63, 3.8) is 0 Å². The number of nitrogens with zero attached hydrogens (tertiary/aromatic N) is 3. The number of ether oxygens (including phenoxy) is 1. The molecule has 0 aliphatic carbocycles. The fourth-order valence-electron chi connectivity index (χ4n) is 2.67. The van der Waals surface area contributed by atoms with Gasteiger partial charge >= 0.3 is 0 Å². The van der Waals surface area contributed by atoms with E-state index in [-0.39, 0.29) is 5.91 Å². The molecule has 134 valence electrons. The molecule has 4 aromatic rings. The third-order valence-corrected chi connectivity index (χ3v) is 4.09. The van der Waals surface area contributed by atoms with Gasteiger partial charge in [0, 0.05) is 23.9 Å². The van der Waals surface area contributed by atoms with Gasteiger partial charge in [0.15, 0.2) is 0 Å². The fraction of sp³-hybridized carbons (Fsp3) is 0.100. The van der Waals surface area contributed by atoms with Gasteiger partial charge in [0.2, 0.25) is 5.88 Å². The third kappa shape index (κ3) is 3.92. The van der Waals surface area contributed by atoms with E-state index in [0.29, 0.717) is 30.1 Å². The van der Waals surface area contributed by atoms with Crippen molar-refractivity contribution in [2.24, 2.45) is 0 Å². The average molecular weight is 359 g/mol. The molecule has 7 nitrogen and oxygen atoms in total. The number of H-pyrrole nitrogens is 1. The van der Waals surface area contributed by atoms with Gasteiger partial charge in [-0.05, 0) is 29.8 Å². The first-order valence-corrected chi connectivity index (χ1v) is 8.49. The van der Waals surface area contributed by atoms with E-state index in [9.17, 15) is 4.79 Å². The number of carbonyl (C=O) groups is 1. The number of amides is 1. The molecule has 0 saturated heterocycles. The highest BCUT2D eigenvalue weighted by molar-refractivity contribution is 5.97. The number of aromatic nitrogens is 4. The van der Waals surface area contributed by atoms with Gasteiger partial charge in [0.25, 0.3) is 5.91 Å². The van der Waals surface area contributed by atoms with Gasteiger partial charge in [0.1, 0.15) is 17.6 Å². The lowest BCUT2D eigenvalue weighted by atomic mass is 10.2. The number of fused-ring (bicyclic) bond motifs is 1. The second-order valence-electron chi connectivity index (χ2n) is 5.95. The average Bonchev–Trinajstić information content (AvgIpc) is 3.19. The van der Waals surface area contributed by atoms with Crippen molar-refractivity contribution >= 4 is 16.9 Å². The number of benzene rings is 2. The molecule has 2 N–H and O–H groups in total. The molecule has 1 amide bonds. The van der Waals surface area contributed by atoms with Gasteiger partial charge in [0.05, 0.1) is 0 Å². The summed E-state index contributed by atoms with van der Waals surface area (Å²) in [4.78, 5) is 16.7. The maximum Gasteiger partial charge on any atom is 0.251 e. The van der Waals surface area contributed by atoms with Crippen LogP contribution in [0.5, 0.6) is 5.88 Å². The van der Waals surface area contributed by atoms with E-state index in [2.05, 4.69) is 25.7 Å². The molecule has 0 aliphatic rings. The van der Waals surface area contributed by atoms with E-state index in [0.717, 1.165) is 16.6 Å². The van der Waals surface area contributed by atoms with Crippen molar-refractivity contribution < 1.29 is 9.53 Å². The second-order valence-corrected chi connectivity index (χ2v) is 5.95. The first-order valence-electron chi connectivity index (χ1n) is 8.49. The summed E-state index contributed by atoms with van der Waals surface area (Å²) in [6.45, 7) is 0.731. The van der Waals surface area contributed by atoms with Crippen molar-refractivity contribution in [2.75, 3.05) is 0 Å². The van der Waals surface area contributed by atoms with Gasteiger partial charge in [-0.15, -0.1) is 0 Å². The minimum atomic E-state index is -0.197. The Morgan fingerprint density at radius 2 is 1.85 bits per heavy atom. The summed E-state index contributed by atoms with van der Waals surface area (Å²) < 4.78 is 5.82. The van der Waals surface area contributed by atoms with E-state index in [1.165, 1.54) is 0 Å². The summed E-state index contributed by atoms with van der Waals surface area (Å²) in [5.41, 5.74) is 3.75. The lowest BCUT2D eigenvalue weighted by Crippen LogP contribution is -2.23. The molecule has 2 heterocycles. The quantitative estimate of drug-likeness (QED) is 0.552. The molecule has 2 aromatic heterocycles. The Labute approximate surface area is 155 Å². The first kappa shape index (κ1) is 16.7. The SMILES string of the molecule is O=C(NCc1cccnc1OCc1ccccc1)c1ccc2n[nH]nc2c1. The predicted molar refractivity (Wildman–Crippen MR) is 100 cm³/mol.